The quantitative estimate of drug-likeness (QED) is 0.445. The van der Waals surface area contributed by atoms with Gasteiger partial charge in [-0.1, -0.05) is 11.2 Å². The van der Waals surface area contributed by atoms with Gasteiger partial charge in [0.05, 0.1) is 18.2 Å². The van der Waals surface area contributed by atoms with Crippen molar-refractivity contribution in [2.24, 2.45) is 5.11 Å². The molecule has 0 aliphatic carbocycles. The van der Waals surface area contributed by atoms with Gasteiger partial charge in [0.25, 0.3) is 0 Å². The van der Waals surface area contributed by atoms with Crippen LogP contribution in [0.15, 0.2) is 23.3 Å². The van der Waals surface area contributed by atoms with Crippen LogP contribution >= 0.6 is 0 Å². The number of rotatable bonds is 4. The second-order valence-electron chi connectivity index (χ2n) is 3.70. The topological polar surface area (TPSA) is 109 Å². The zero-order valence-electron chi connectivity index (χ0n) is 9.41. The van der Waals surface area contributed by atoms with Crippen LogP contribution in [0.1, 0.15) is 17.2 Å². The molecule has 0 fully saturated rings. The summed E-state index contributed by atoms with van der Waals surface area (Å²) in [6.45, 7) is -0.486. The van der Waals surface area contributed by atoms with Crippen LogP contribution in [0.25, 0.3) is 10.4 Å². The molecule has 0 heterocycles. The summed E-state index contributed by atoms with van der Waals surface area (Å²) in [5.74, 6) is -0.979. The molecule has 6 nitrogen and oxygen atoms in total. The first-order valence-corrected chi connectivity index (χ1v) is 5.04. The highest BCUT2D eigenvalue weighted by molar-refractivity contribution is 5.39. The van der Waals surface area contributed by atoms with E-state index in [0.717, 1.165) is 12.1 Å². The lowest BCUT2D eigenvalue weighted by molar-refractivity contribution is -0.138. The van der Waals surface area contributed by atoms with E-state index in [0.29, 0.717) is 6.07 Å². The van der Waals surface area contributed by atoms with E-state index in [1.54, 1.807) is 0 Å². The molecule has 19 heavy (non-hydrogen) atoms. The number of aliphatic hydroxyl groups is 2. The summed E-state index contributed by atoms with van der Waals surface area (Å²) >= 11 is 0. The highest BCUT2D eigenvalue weighted by Crippen LogP contribution is 2.37. The van der Waals surface area contributed by atoms with Gasteiger partial charge in [-0.05, 0) is 23.2 Å². The number of aromatic hydroxyl groups is 1. The molecule has 0 spiro atoms. The van der Waals surface area contributed by atoms with Crippen molar-refractivity contribution in [2.45, 2.75) is 18.4 Å². The van der Waals surface area contributed by atoms with Gasteiger partial charge in [-0.15, -0.1) is 0 Å². The molecule has 0 radical (unpaired) electrons. The van der Waals surface area contributed by atoms with E-state index in [-0.39, 0.29) is 5.56 Å². The van der Waals surface area contributed by atoms with Gasteiger partial charge in [-0.2, -0.15) is 13.2 Å². The maximum atomic E-state index is 12.5. The molecule has 2 unspecified atom stereocenters. The summed E-state index contributed by atoms with van der Waals surface area (Å²) in [5, 5.41) is 31.1. The van der Waals surface area contributed by atoms with Crippen molar-refractivity contribution >= 4 is 0 Å². The third-order valence-electron chi connectivity index (χ3n) is 2.36. The maximum Gasteiger partial charge on any atom is 0.419 e. The van der Waals surface area contributed by atoms with Crippen LogP contribution in [0.2, 0.25) is 0 Å². The van der Waals surface area contributed by atoms with E-state index in [1.807, 2.05) is 0 Å². The summed E-state index contributed by atoms with van der Waals surface area (Å²) in [4.78, 5) is 2.36. The third kappa shape index (κ3) is 3.75. The largest absolute Gasteiger partial charge is 0.507 e. The van der Waals surface area contributed by atoms with E-state index >= 15 is 0 Å². The third-order valence-corrected chi connectivity index (χ3v) is 2.36. The van der Waals surface area contributed by atoms with Crippen molar-refractivity contribution in [3.05, 3.63) is 39.8 Å². The first-order valence-electron chi connectivity index (χ1n) is 5.04. The average molecular weight is 277 g/mol. The van der Waals surface area contributed by atoms with Gasteiger partial charge in [0.2, 0.25) is 0 Å². The van der Waals surface area contributed by atoms with Crippen molar-refractivity contribution in [2.75, 3.05) is 6.54 Å². The van der Waals surface area contributed by atoms with Gasteiger partial charge in [0.1, 0.15) is 11.9 Å². The molecule has 0 saturated carbocycles. The van der Waals surface area contributed by atoms with Crippen LogP contribution in [0, 0.1) is 0 Å². The molecule has 0 bridgehead atoms. The molecule has 0 amide bonds. The summed E-state index contributed by atoms with van der Waals surface area (Å²) in [6, 6.07) is 2.33. The van der Waals surface area contributed by atoms with Crippen LogP contribution in [-0.4, -0.2) is 28.0 Å². The van der Waals surface area contributed by atoms with E-state index < -0.39 is 36.2 Å². The number of hydrogen-bond acceptors (Lipinski definition) is 4. The normalized spacial score (nSPS) is 14.6. The Morgan fingerprint density at radius 3 is 2.47 bits per heavy atom. The second kappa shape index (κ2) is 5.79. The van der Waals surface area contributed by atoms with Gasteiger partial charge < -0.3 is 15.3 Å². The number of alkyl halides is 3. The molecule has 0 aliphatic rings. The van der Waals surface area contributed by atoms with E-state index in [2.05, 4.69) is 10.0 Å². The Morgan fingerprint density at radius 1 is 1.32 bits per heavy atom. The zero-order chi connectivity index (χ0) is 14.6. The minimum atomic E-state index is -4.78. The van der Waals surface area contributed by atoms with Gasteiger partial charge in [0.15, 0.2) is 0 Å². The smallest absolute Gasteiger partial charge is 0.419 e. The first kappa shape index (κ1) is 15.1. The molecule has 3 N–H and O–H groups in total. The lowest BCUT2D eigenvalue weighted by Gasteiger charge is -2.18. The van der Waals surface area contributed by atoms with Crippen LogP contribution < -0.4 is 0 Å². The molecule has 9 heteroatoms. The van der Waals surface area contributed by atoms with Crippen molar-refractivity contribution in [1.82, 2.24) is 0 Å². The summed E-state index contributed by atoms with van der Waals surface area (Å²) in [5.41, 5.74) is 6.47. The Kier molecular flexibility index (Phi) is 4.60. The van der Waals surface area contributed by atoms with Crippen molar-refractivity contribution in [3.8, 4) is 5.75 Å². The Labute approximate surface area is 105 Å². The molecule has 1 rings (SSSR count). The van der Waals surface area contributed by atoms with Gasteiger partial charge in [-0.3, -0.25) is 0 Å². The minimum absolute atomic E-state index is 0.245. The number of phenols is 1. The Bertz CT molecular complexity index is 501. The number of halogens is 3. The molecule has 0 aliphatic heterocycles. The number of nitrogens with zero attached hydrogens (tertiary/aromatic N) is 3. The molecular formula is C10H10F3N3O3. The van der Waals surface area contributed by atoms with E-state index in [1.165, 1.54) is 0 Å². The summed E-state index contributed by atoms with van der Waals surface area (Å²) in [6.07, 6.45) is -7.98. The maximum absolute atomic E-state index is 12.5. The van der Waals surface area contributed by atoms with Crippen LogP contribution in [-0.2, 0) is 6.18 Å². The number of benzene rings is 1. The zero-order valence-corrected chi connectivity index (χ0v) is 9.41. The van der Waals surface area contributed by atoms with Crippen LogP contribution in [0.3, 0.4) is 0 Å². The van der Waals surface area contributed by atoms with Crippen molar-refractivity contribution in [3.63, 3.8) is 0 Å². The fourth-order valence-electron chi connectivity index (χ4n) is 1.41. The van der Waals surface area contributed by atoms with Gasteiger partial charge >= 0.3 is 6.18 Å². The minimum Gasteiger partial charge on any atom is -0.507 e. The predicted octanol–water partition coefficient (Wildman–Crippen LogP) is 2.12. The number of phenolic OH excluding ortho intramolecular Hbond substituents is 1. The molecule has 0 saturated heterocycles. The van der Waals surface area contributed by atoms with Crippen LogP contribution in [0.4, 0.5) is 13.2 Å². The molecule has 1 aromatic carbocycles. The first-order chi connectivity index (χ1) is 8.77. The standard InChI is InChI=1S/C10H10F3N3O3/c11-10(12,13)6-3-5(1-2-7(6)17)9(19)8(18)4-15-16-14/h1-3,8-9,17-19H,4H2. The Morgan fingerprint density at radius 2 is 1.95 bits per heavy atom. The second-order valence-corrected chi connectivity index (χ2v) is 3.70. The van der Waals surface area contributed by atoms with E-state index in [9.17, 15) is 23.4 Å². The number of hydrogen-bond donors (Lipinski definition) is 3. The number of aliphatic hydroxyl groups excluding tert-OH is 2. The van der Waals surface area contributed by atoms with Crippen LogP contribution in [0.5, 0.6) is 5.75 Å². The fourth-order valence-corrected chi connectivity index (χ4v) is 1.41. The monoisotopic (exact) mass is 277 g/mol. The molecule has 2 atom stereocenters. The fraction of sp³-hybridized carbons (Fsp3) is 0.400. The molecule has 0 aromatic heterocycles. The highest BCUT2D eigenvalue weighted by atomic mass is 19.4. The van der Waals surface area contributed by atoms with Crippen molar-refractivity contribution < 1.29 is 28.5 Å². The van der Waals surface area contributed by atoms with Gasteiger partial charge in [0, 0.05) is 4.91 Å². The van der Waals surface area contributed by atoms with Crippen molar-refractivity contribution in [1.29, 1.82) is 0 Å². The lowest BCUT2D eigenvalue weighted by Crippen LogP contribution is -2.21. The SMILES string of the molecule is [N-]=[N+]=NCC(O)C(O)c1ccc(O)c(C(F)(F)F)c1. The van der Waals surface area contributed by atoms with Gasteiger partial charge in [-0.25, -0.2) is 0 Å². The Hall–Kier alpha value is -1.96. The molecule has 1 aromatic rings. The average Bonchev–Trinajstić information content (AvgIpc) is 2.34. The Balaban J connectivity index is 3.05. The summed E-state index contributed by atoms with van der Waals surface area (Å²) < 4.78 is 37.6. The summed E-state index contributed by atoms with van der Waals surface area (Å²) in [7, 11) is 0. The lowest BCUT2D eigenvalue weighted by atomic mass is 10.0. The highest BCUT2D eigenvalue weighted by Gasteiger charge is 2.34. The molecular weight excluding hydrogens is 267 g/mol. The van der Waals surface area contributed by atoms with E-state index in [4.69, 9.17) is 10.6 Å². The predicted molar refractivity (Wildman–Crippen MR) is 58.1 cm³/mol. The molecule has 104 valence electrons. The number of azide groups is 1.